The summed E-state index contributed by atoms with van der Waals surface area (Å²) in [4.78, 5) is 2.31. The van der Waals surface area contributed by atoms with Gasteiger partial charge in [0.05, 0.1) is 0 Å². The van der Waals surface area contributed by atoms with Gasteiger partial charge in [-0.25, -0.2) is 0 Å². The van der Waals surface area contributed by atoms with Gasteiger partial charge in [0.25, 0.3) is 0 Å². The Morgan fingerprint density at radius 3 is 2.15 bits per heavy atom. The van der Waals surface area contributed by atoms with Crippen molar-refractivity contribution in [3.8, 4) is 11.1 Å². The van der Waals surface area contributed by atoms with Gasteiger partial charge in [-0.3, -0.25) is 0 Å². The van der Waals surface area contributed by atoms with Crippen LogP contribution < -0.4 is 4.90 Å². The highest BCUT2D eigenvalue weighted by molar-refractivity contribution is 5.70. The van der Waals surface area contributed by atoms with E-state index in [1.54, 1.807) is 0 Å². The third-order valence-corrected chi connectivity index (χ3v) is 5.64. The lowest BCUT2D eigenvalue weighted by Crippen LogP contribution is -2.16. The molecule has 132 valence electrons. The molecule has 0 radical (unpaired) electrons. The first-order chi connectivity index (χ1) is 12.8. The zero-order chi connectivity index (χ0) is 17.8. The van der Waals surface area contributed by atoms with E-state index in [-0.39, 0.29) is 0 Å². The van der Waals surface area contributed by atoms with E-state index in [4.69, 9.17) is 0 Å². The molecule has 0 saturated heterocycles. The Morgan fingerprint density at radius 1 is 0.769 bits per heavy atom. The molecule has 1 nitrogen and oxygen atoms in total. The Balaban J connectivity index is 1.55. The standard InChI is InChI=1S/C25H27N/c1-26(19-20-9-3-2-4-10-20)23-17-15-22(16-18-23)25-14-8-7-13-24(25)21-11-5-6-12-21/h2-4,7-10,13-18,21H,5-6,11-12,19H2,1H3. The molecule has 0 N–H and O–H groups in total. The van der Waals surface area contributed by atoms with Gasteiger partial charge in [-0.2, -0.15) is 0 Å². The van der Waals surface area contributed by atoms with E-state index in [0.717, 1.165) is 12.5 Å². The van der Waals surface area contributed by atoms with Gasteiger partial charge in [-0.1, -0.05) is 79.6 Å². The van der Waals surface area contributed by atoms with Crippen LogP contribution in [0.25, 0.3) is 11.1 Å². The van der Waals surface area contributed by atoms with Gasteiger partial charge < -0.3 is 4.90 Å². The molecule has 1 fully saturated rings. The van der Waals surface area contributed by atoms with Crippen molar-refractivity contribution in [1.29, 1.82) is 0 Å². The summed E-state index contributed by atoms with van der Waals surface area (Å²) < 4.78 is 0. The number of benzene rings is 3. The average Bonchev–Trinajstić information content (AvgIpc) is 3.24. The van der Waals surface area contributed by atoms with Crippen LogP contribution >= 0.6 is 0 Å². The van der Waals surface area contributed by atoms with E-state index in [1.165, 1.54) is 53.6 Å². The number of hydrogen-bond acceptors (Lipinski definition) is 1. The highest BCUT2D eigenvalue weighted by Crippen LogP contribution is 2.39. The van der Waals surface area contributed by atoms with Crippen LogP contribution in [0.5, 0.6) is 0 Å². The third-order valence-electron chi connectivity index (χ3n) is 5.64. The first-order valence-corrected chi connectivity index (χ1v) is 9.76. The molecule has 0 atom stereocenters. The Hall–Kier alpha value is -2.54. The third kappa shape index (κ3) is 3.67. The summed E-state index contributed by atoms with van der Waals surface area (Å²) in [6.45, 7) is 0.929. The lowest BCUT2D eigenvalue weighted by molar-refractivity contribution is 0.725. The topological polar surface area (TPSA) is 3.24 Å². The fourth-order valence-electron chi connectivity index (χ4n) is 4.20. The monoisotopic (exact) mass is 341 g/mol. The molecule has 0 aliphatic heterocycles. The van der Waals surface area contributed by atoms with Crippen LogP contribution in [0.15, 0.2) is 78.9 Å². The summed E-state index contributed by atoms with van der Waals surface area (Å²) in [5.41, 5.74) is 6.89. The van der Waals surface area contributed by atoms with Crippen molar-refractivity contribution in [1.82, 2.24) is 0 Å². The zero-order valence-electron chi connectivity index (χ0n) is 15.6. The van der Waals surface area contributed by atoms with Crippen LogP contribution in [-0.2, 0) is 6.54 Å². The number of nitrogens with zero attached hydrogens (tertiary/aromatic N) is 1. The van der Waals surface area contributed by atoms with Crippen LogP contribution in [0.3, 0.4) is 0 Å². The summed E-state index contributed by atoms with van der Waals surface area (Å²) in [5, 5.41) is 0. The van der Waals surface area contributed by atoms with Gasteiger partial charge >= 0.3 is 0 Å². The first kappa shape index (κ1) is 16.9. The highest BCUT2D eigenvalue weighted by Gasteiger charge is 2.20. The van der Waals surface area contributed by atoms with Crippen molar-refractivity contribution < 1.29 is 0 Å². The second-order valence-electron chi connectivity index (χ2n) is 7.46. The van der Waals surface area contributed by atoms with E-state index >= 15 is 0 Å². The van der Waals surface area contributed by atoms with Crippen LogP contribution in [-0.4, -0.2) is 7.05 Å². The highest BCUT2D eigenvalue weighted by atomic mass is 15.1. The van der Waals surface area contributed by atoms with Crippen LogP contribution in [0.4, 0.5) is 5.69 Å². The van der Waals surface area contributed by atoms with Crippen molar-refractivity contribution in [2.24, 2.45) is 0 Å². The summed E-state index contributed by atoms with van der Waals surface area (Å²) in [6, 6.07) is 28.7. The van der Waals surface area contributed by atoms with E-state index in [1.807, 2.05) is 0 Å². The second-order valence-corrected chi connectivity index (χ2v) is 7.46. The van der Waals surface area contributed by atoms with E-state index in [2.05, 4.69) is 90.8 Å². The molecule has 0 heterocycles. The average molecular weight is 341 g/mol. The van der Waals surface area contributed by atoms with Crippen molar-refractivity contribution in [2.75, 3.05) is 11.9 Å². The lowest BCUT2D eigenvalue weighted by Gasteiger charge is -2.20. The normalized spacial score (nSPS) is 14.5. The molecular weight excluding hydrogens is 314 g/mol. The van der Waals surface area contributed by atoms with Gasteiger partial charge in [0.1, 0.15) is 0 Å². The lowest BCUT2D eigenvalue weighted by atomic mass is 9.89. The summed E-state index contributed by atoms with van der Waals surface area (Å²) in [7, 11) is 2.16. The molecule has 4 rings (SSSR count). The molecule has 0 unspecified atom stereocenters. The molecule has 3 aromatic rings. The Kier molecular flexibility index (Phi) is 5.06. The van der Waals surface area contributed by atoms with Gasteiger partial charge in [0, 0.05) is 19.3 Å². The molecule has 0 amide bonds. The summed E-state index contributed by atoms with van der Waals surface area (Å²) >= 11 is 0. The molecule has 1 saturated carbocycles. The Labute approximate surface area is 157 Å². The van der Waals surface area contributed by atoms with Gasteiger partial charge in [-0.05, 0) is 53.1 Å². The van der Waals surface area contributed by atoms with E-state index in [0.29, 0.717) is 0 Å². The van der Waals surface area contributed by atoms with Crippen LogP contribution in [0.2, 0.25) is 0 Å². The molecule has 0 spiro atoms. The molecule has 0 bridgehead atoms. The van der Waals surface area contributed by atoms with Gasteiger partial charge in [0.2, 0.25) is 0 Å². The molecule has 26 heavy (non-hydrogen) atoms. The Morgan fingerprint density at radius 2 is 1.42 bits per heavy atom. The SMILES string of the molecule is CN(Cc1ccccc1)c1ccc(-c2ccccc2C2CCCC2)cc1. The number of anilines is 1. The van der Waals surface area contributed by atoms with E-state index in [9.17, 15) is 0 Å². The van der Waals surface area contributed by atoms with Crippen LogP contribution in [0.1, 0.15) is 42.7 Å². The predicted octanol–water partition coefficient (Wildman–Crippen LogP) is 6.65. The number of hydrogen-bond donors (Lipinski definition) is 0. The molecule has 1 aliphatic carbocycles. The second kappa shape index (κ2) is 7.78. The molecule has 0 aromatic heterocycles. The predicted molar refractivity (Wildman–Crippen MR) is 112 cm³/mol. The van der Waals surface area contributed by atoms with Crippen LogP contribution in [0, 0.1) is 0 Å². The zero-order valence-corrected chi connectivity index (χ0v) is 15.6. The van der Waals surface area contributed by atoms with Crippen molar-refractivity contribution in [3.05, 3.63) is 90.0 Å². The fourth-order valence-corrected chi connectivity index (χ4v) is 4.20. The smallest absolute Gasteiger partial charge is 0.0426 e. The van der Waals surface area contributed by atoms with Gasteiger partial charge in [0.15, 0.2) is 0 Å². The minimum Gasteiger partial charge on any atom is -0.370 e. The summed E-state index contributed by atoms with van der Waals surface area (Å²) in [6.07, 6.45) is 5.44. The maximum atomic E-state index is 2.33. The molecular formula is C25H27N. The maximum Gasteiger partial charge on any atom is 0.0426 e. The van der Waals surface area contributed by atoms with E-state index < -0.39 is 0 Å². The minimum absolute atomic E-state index is 0.742. The fraction of sp³-hybridized carbons (Fsp3) is 0.280. The van der Waals surface area contributed by atoms with Gasteiger partial charge in [-0.15, -0.1) is 0 Å². The Bertz CT molecular complexity index is 830. The first-order valence-electron chi connectivity index (χ1n) is 9.76. The molecule has 1 aliphatic rings. The van der Waals surface area contributed by atoms with Crippen molar-refractivity contribution >= 4 is 5.69 Å². The quantitative estimate of drug-likeness (QED) is 0.502. The molecule has 1 heteroatoms. The van der Waals surface area contributed by atoms with Crippen molar-refractivity contribution in [3.63, 3.8) is 0 Å². The number of rotatable bonds is 5. The summed E-state index contributed by atoms with van der Waals surface area (Å²) in [5.74, 6) is 0.742. The molecule has 3 aromatic carbocycles. The maximum absolute atomic E-state index is 2.33. The largest absolute Gasteiger partial charge is 0.370 e. The minimum atomic E-state index is 0.742. The van der Waals surface area contributed by atoms with Crippen molar-refractivity contribution in [2.45, 2.75) is 38.1 Å².